The van der Waals surface area contributed by atoms with Crippen LogP contribution in [-0.2, 0) is 6.42 Å². The van der Waals surface area contributed by atoms with Gasteiger partial charge in [-0.05, 0) is 58.1 Å². The second kappa shape index (κ2) is 8.94. The molecule has 0 saturated heterocycles. The summed E-state index contributed by atoms with van der Waals surface area (Å²) in [5.41, 5.74) is 1.29. The Balaban J connectivity index is 2.63. The minimum absolute atomic E-state index is 0.513. The van der Waals surface area contributed by atoms with E-state index in [1.54, 1.807) is 7.11 Å². The fraction of sp³-hybridized carbons (Fsp3) is 0.625. The van der Waals surface area contributed by atoms with Crippen molar-refractivity contribution < 1.29 is 4.74 Å². The Bertz CT molecular complexity index is 352. The van der Waals surface area contributed by atoms with Gasteiger partial charge in [-0.25, -0.2) is 0 Å². The fourth-order valence-corrected chi connectivity index (χ4v) is 2.18. The van der Waals surface area contributed by atoms with Crippen LogP contribution in [0.2, 0.25) is 0 Å². The van der Waals surface area contributed by atoms with Crippen molar-refractivity contribution in [2.24, 2.45) is 0 Å². The summed E-state index contributed by atoms with van der Waals surface area (Å²) >= 11 is 0. The second-order valence-corrected chi connectivity index (χ2v) is 5.26. The van der Waals surface area contributed by atoms with Crippen LogP contribution in [0.4, 0.5) is 0 Å². The van der Waals surface area contributed by atoms with E-state index in [2.05, 4.69) is 43.4 Å². The van der Waals surface area contributed by atoms with Crippen molar-refractivity contribution in [3.05, 3.63) is 29.8 Å². The van der Waals surface area contributed by atoms with Crippen LogP contribution >= 0.6 is 0 Å². The highest BCUT2D eigenvalue weighted by atomic mass is 16.5. The summed E-state index contributed by atoms with van der Waals surface area (Å²) in [6.07, 6.45) is 3.35. The molecule has 1 unspecified atom stereocenters. The summed E-state index contributed by atoms with van der Waals surface area (Å²) in [4.78, 5) is 2.24. The third kappa shape index (κ3) is 6.08. The third-order valence-electron chi connectivity index (χ3n) is 3.27. The molecule has 0 aliphatic carbocycles. The zero-order valence-corrected chi connectivity index (χ0v) is 12.8. The molecule has 0 aliphatic heterocycles. The molecule has 19 heavy (non-hydrogen) atoms. The lowest BCUT2D eigenvalue weighted by atomic mass is 10.0. The lowest BCUT2D eigenvalue weighted by Gasteiger charge is -2.21. The number of methoxy groups -OCH3 is 1. The van der Waals surface area contributed by atoms with Crippen molar-refractivity contribution >= 4 is 0 Å². The molecule has 0 aromatic heterocycles. The van der Waals surface area contributed by atoms with Crippen LogP contribution in [0.15, 0.2) is 24.3 Å². The van der Waals surface area contributed by atoms with Crippen molar-refractivity contribution in [3.63, 3.8) is 0 Å². The molecule has 0 saturated carbocycles. The van der Waals surface area contributed by atoms with Gasteiger partial charge in [0, 0.05) is 6.04 Å². The predicted octanol–water partition coefficient (Wildman–Crippen LogP) is 2.56. The van der Waals surface area contributed by atoms with Crippen molar-refractivity contribution in [1.82, 2.24) is 10.2 Å². The molecule has 1 aromatic carbocycles. The van der Waals surface area contributed by atoms with E-state index >= 15 is 0 Å². The molecule has 108 valence electrons. The van der Waals surface area contributed by atoms with Crippen molar-refractivity contribution in [2.45, 2.75) is 32.2 Å². The maximum atomic E-state index is 5.44. The average Bonchev–Trinajstić information content (AvgIpc) is 2.42. The SMILES string of the molecule is CCCNC(CCN(C)C)Cc1ccccc1OC. The number of ether oxygens (including phenoxy) is 1. The lowest BCUT2D eigenvalue weighted by molar-refractivity contribution is 0.352. The van der Waals surface area contributed by atoms with E-state index in [1.165, 1.54) is 12.0 Å². The Morgan fingerprint density at radius 3 is 2.63 bits per heavy atom. The number of rotatable bonds is 9. The smallest absolute Gasteiger partial charge is 0.122 e. The van der Waals surface area contributed by atoms with Gasteiger partial charge in [0.05, 0.1) is 7.11 Å². The van der Waals surface area contributed by atoms with Gasteiger partial charge in [0.1, 0.15) is 5.75 Å². The minimum atomic E-state index is 0.513. The van der Waals surface area contributed by atoms with Gasteiger partial charge in [0.2, 0.25) is 0 Å². The normalized spacial score (nSPS) is 12.7. The summed E-state index contributed by atoms with van der Waals surface area (Å²) < 4.78 is 5.44. The van der Waals surface area contributed by atoms with Gasteiger partial charge >= 0.3 is 0 Å². The molecule has 0 aliphatic rings. The molecule has 0 heterocycles. The number of hydrogen-bond acceptors (Lipinski definition) is 3. The zero-order chi connectivity index (χ0) is 14.1. The van der Waals surface area contributed by atoms with Gasteiger partial charge in [-0.15, -0.1) is 0 Å². The molecule has 0 fully saturated rings. The van der Waals surface area contributed by atoms with Crippen LogP contribution in [-0.4, -0.2) is 45.2 Å². The first kappa shape index (κ1) is 16.0. The monoisotopic (exact) mass is 264 g/mol. The quantitative estimate of drug-likeness (QED) is 0.742. The first-order valence-electron chi connectivity index (χ1n) is 7.17. The summed E-state index contributed by atoms with van der Waals surface area (Å²) in [7, 11) is 5.99. The maximum Gasteiger partial charge on any atom is 0.122 e. The standard InChI is InChI=1S/C16H28N2O/c1-5-11-17-15(10-12-18(2)3)13-14-8-6-7-9-16(14)19-4/h6-9,15,17H,5,10-13H2,1-4H3. The first-order valence-corrected chi connectivity index (χ1v) is 7.17. The number of nitrogens with one attached hydrogen (secondary N) is 1. The molecule has 1 atom stereocenters. The molecule has 1 aromatic rings. The van der Waals surface area contributed by atoms with Crippen LogP contribution in [0.3, 0.4) is 0 Å². The van der Waals surface area contributed by atoms with Gasteiger partial charge in [-0.2, -0.15) is 0 Å². The Morgan fingerprint density at radius 1 is 1.26 bits per heavy atom. The predicted molar refractivity (Wildman–Crippen MR) is 82.0 cm³/mol. The summed E-state index contributed by atoms with van der Waals surface area (Å²) in [6, 6.07) is 8.82. The highest BCUT2D eigenvalue weighted by Gasteiger charge is 2.12. The molecule has 0 spiro atoms. The van der Waals surface area contributed by atoms with Crippen molar-refractivity contribution in [2.75, 3.05) is 34.3 Å². The largest absolute Gasteiger partial charge is 0.496 e. The van der Waals surface area contributed by atoms with Crippen LogP contribution in [0.5, 0.6) is 5.75 Å². The van der Waals surface area contributed by atoms with E-state index in [-0.39, 0.29) is 0 Å². The lowest BCUT2D eigenvalue weighted by Crippen LogP contribution is -2.34. The van der Waals surface area contributed by atoms with Crippen molar-refractivity contribution in [1.29, 1.82) is 0 Å². The topological polar surface area (TPSA) is 24.5 Å². The van der Waals surface area contributed by atoms with Crippen LogP contribution < -0.4 is 10.1 Å². The van der Waals surface area contributed by atoms with E-state index in [1.807, 2.05) is 12.1 Å². The molecule has 1 N–H and O–H groups in total. The van der Waals surface area contributed by atoms with Gasteiger partial charge in [-0.3, -0.25) is 0 Å². The van der Waals surface area contributed by atoms with Crippen LogP contribution in [0, 0.1) is 0 Å². The zero-order valence-electron chi connectivity index (χ0n) is 12.8. The van der Waals surface area contributed by atoms with E-state index in [0.717, 1.165) is 31.7 Å². The molecular formula is C16H28N2O. The molecule has 3 nitrogen and oxygen atoms in total. The van der Waals surface area contributed by atoms with E-state index in [4.69, 9.17) is 4.74 Å². The summed E-state index contributed by atoms with van der Waals surface area (Å²) in [6.45, 7) is 4.39. The van der Waals surface area contributed by atoms with Gasteiger partial charge in [0.25, 0.3) is 0 Å². The molecule has 0 radical (unpaired) electrons. The van der Waals surface area contributed by atoms with Gasteiger partial charge < -0.3 is 15.0 Å². The molecule has 0 bridgehead atoms. The molecule has 1 rings (SSSR count). The Hall–Kier alpha value is -1.06. The van der Waals surface area contributed by atoms with E-state index < -0.39 is 0 Å². The maximum absolute atomic E-state index is 5.44. The highest BCUT2D eigenvalue weighted by molar-refractivity contribution is 5.33. The fourth-order valence-electron chi connectivity index (χ4n) is 2.18. The molecule has 0 amide bonds. The van der Waals surface area contributed by atoms with Crippen molar-refractivity contribution in [3.8, 4) is 5.75 Å². The number of benzene rings is 1. The average molecular weight is 264 g/mol. The van der Waals surface area contributed by atoms with E-state index in [9.17, 15) is 0 Å². The Kier molecular flexibility index (Phi) is 7.53. The van der Waals surface area contributed by atoms with E-state index in [0.29, 0.717) is 6.04 Å². The van der Waals surface area contributed by atoms with Crippen LogP contribution in [0.25, 0.3) is 0 Å². The van der Waals surface area contributed by atoms with Crippen LogP contribution in [0.1, 0.15) is 25.3 Å². The first-order chi connectivity index (χ1) is 9.17. The highest BCUT2D eigenvalue weighted by Crippen LogP contribution is 2.19. The molecular weight excluding hydrogens is 236 g/mol. The number of para-hydroxylation sites is 1. The Morgan fingerprint density at radius 2 is 2.00 bits per heavy atom. The number of nitrogens with zero attached hydrogens (tertiary/aromatic N) is 1. The minimum Gasteiger partial charge on any atom is -0.496 e. The van der Waals surface area contributed by atoms with Gasteiger partial charge in [-0.1, -0.05) is 25.1 Å². The summed E-state index contributed by atoms with van der Waals surface area (Å²) in [5, 5.41) is 3.64. The summed E-state index contributed by atoms with van der Waals surface area (Å²) in [5.74, 6) is 0.996. The van der Waals surface area contributed by atoms with Gasteiger partial charge in [0.15, 0.2) is 0 Å². The molecule has 3 heteroatoms. The second-order valence-electron chi connectivity index (χ2n) is 5.26. The Labute approximate surface area is 118 Å². The number of hydrogen-bond donors (Lipinski definition) is 1. The third-order valence-corrected chi connectivity index (χ3v) is 3.27.